The first-order valence-electron chi connectivity index (χ1n) is 10.0. The summed E-state index contributed by atoms with van der Waals surface area (Å²) >= 11 is 0. The Morgan fingerprint density at radius 2 is 0.935 bits per heavy atom. The monoisotopic (exact) mass is 401 g/mol. The Morgan fingerprint density at radius 3 is 1.45 bits per heavy atom. The highest BCUT2D eigenvalue weighted by Gasteiger charge is 2.27. The molecule has 0 N–H and O–H groups in total. The molecule has 0 atom stereocenters. The van der Waals surface area contributed by atoms with Gasteiger partial charge in [0.05, 0.1) is 27.3 Å². The third kappa shape index (κ3) is 1.43. The van der Waals surface area contributed by atoms with Crippen LogP contribution in [0.4, 0.5) is 0 Å². The van der Waals surface area contributed by atoms with Crippen LogP contribution in [0.15, 0.2) is 81.1 Å². The number of pyridine rings is 2. The van der Waals surface area contributed by atoms with Crippen molar-refractivity contribution in [3.8, 4) is 0 Å². The molecule has 0 spiro atoms. The summed E-state index contributed by atoms with van der Waals surface area (Å²) in [6, 6.07) is 20.2. The van der Waals surface area contributed by atoms with Crippen molar-refractivity contribution in [1.29, 1.82) is 0 Å². The maximum atomic E-state index is 13.9. The van der Waals surface area contributed by atoms with Crippen LogP contribution in [0, 0.1) is 0 Å². The number of aromatic nitrogens is 3. The summed E-state index contributed by atoms with van der Waals surface area (Å²) in [4.78, 5) is 41.1. The zero-order valence-electron chi connectivity index (χ0n) is 15.9. The molecule has 0 aliphatic heterocycles. The molecule has 144 valence electrons. The lowest BCUT2D eigenvalue weighted by molar-refractivity contribution is 0.945. The molecule has 0 unspecified atom stereocenters. The van der Waals surface area contributed by atoms with Crippen molar-refractivity contribution in [2.45, 2.75) is 0 Å². The molecule has 0 amide bonds. The van der Waals surface area contributed by atoms with E-state index in [0.29, 0.717) is 49.4 Å². The fraction of sp³-hybridized carbons (Fsp3) is 0. The Balaban J connectivity index is 2.01. The van der Waals surface area contributed by atoms with Gasteiger partial charge in [0.1, 0.15) is 11.3 Å². The Labute approximate surface area is 171 Å². The van der Waals surface area contributed by atoms with E-state index in [0.717, 1.165) is 10.8 Å². The molecule has 31 heavy (non-hydrogen) atoms. The fourth-order valence-corrected chi connectivity index (χ4v) is 5.54. The highest BCUT2D eigenvalue weighted by atomic mass is 16.1. The van der Waals surface area contributed by atoms with Crippen molar-refractivity contribution in [3.63, 3.8) is 0 Å². The number of fused-ring (bicyclic) bond motifs is 6. The molecule has 0 aliphatic rings. The van der Waals surface area contributed by atoms with Gasteiger partial charge in [-0.2, -0.15) is 0 Å². The van der Waals surface area contributed by atoms with Crippen LogP contribution in [0.5, 0.6) is 0 Å². The zero-order valence-corrected chi connectivity index (χ0v) is 15.9. The lowest BCUT2D eigenvalue weighted by Gasteiger charge is -2.14. The van der Waals surface area contributed by atoms with Gasteiger partial charge in [-0.25, -0.2) is 13.6 Å². The molecule has 5 heterocycles. The van der Waals surface area contributed by atoms with E-state index in [9.17, 15) is 14.4 Å². The van der Waals surface area contributed by atoms with E-state index in [1.165, 1.54) is 0 Å². The third-order valence-corrected chi connectivity index (χ3v) is 6.71. The fourth-order valence-electron chi connectivity index (χ4n) is 5.54. The Kier molecular flexibility index (Phi) is 2.31. The summed E-state index contributed by atoms with van der Waals surface area (Å²) in [5.74, 6) is 0. The van der Waals surface area contributed by atoms with E-state index in [4.69, 9.17) is 0 Å². The zero-order chi connectivity index (χ0) is 20.6. The van der Waals surface area contributed by atoms with Gasteiger partial charge in [0.2, 0.25) is 0 Å². The summed E-state index contributed by atoms with van der Waals surface area (Å²) in [6.45, 7) is 0. The van der Waals surface area contributed by atoms with Gasteiger partial charge in [-0.3, -0.25) is 14.0 Å². The summed E-state index contributed by atoms with van der Waals surface area (Å²) in [5, 5.41) is 3.45. The largest absolute Gasteiger partial charge is 0.340 e. The molecule has 0 aliphatic carbocycles. The normalized spacial score (nSPS) is 12.9. The quantitative estimate of drug-likeness (QED) is 0.366. The summed E-state index contributed by atoms with van der Waals surface area (Å²) < 4.78 is 5.17. The molecule has 5 aromatic heterocycles. The summed E-state index contributed by atoms with van der Waals surface area (Å²) in [7, 11) is 0. The lowest BCUT2D eigenvalue weighted by atomic mass is 10.0. The summed E-state index contributed by atoms with van der Waals surface area (Å²) in [5.41, 5.74) is 2.38. The molecular formula is C25H11N3O3. The number of para-hydroxylation sites is 3. The molecule has 0 saturated carbocycles. The number of nitrogens with zero attached hydrogens (tertiary/aromatic N) is 3. The van der Waals surface area contributed by atoms with Crippen LogP contribution in [0.2, 0.25) is 0 Å². The molecule has 0 fully saturated rings. The van der Waals surface area contributed by atoms with Gasteiger partial charge in [-0.15, -0.1) is 0 Å². The molecule has 6 heteroatoms. The molecule has 0 saturated heterocycles. The van der Waals surface area contributed by atoms with Crippen molar-refractivity contribution in [3.05, 3.63) is 97.7 Å². The first-order valence-corrected chi connectivity index (χ1v) is 10.0. The van der Waals surface area contributed by atoms with Crippen LogP contribution in [0.25, 0.3) is 60.2 Å². The Hall–Kier alpha value is -4.45. The molecule has 8 rings (SSSR count). The second-order valence-corrected chi connectivity index (χ2v) is 8.08. The second kappa shape index (κ2) is 4.65. The van der Waals surface area contributed by atoms with Crippen LogP contribution in [-0.2, 0) is 0 Å². The van der Waals surface area contributed by atoms with Gasteiger partial charge in [0.25, 0.3) is 0 Å². The van der Waals surface area contributed by atoms with E-state index < -0.39 is 0 Å². The number of rotatable bonds is 0. The highest BCUT2D eigenvalue weighted by Crippen LogP contribution is 2.34. The van der Waals surface area contributed by atoms with Crippen LogP contribution >= 0.6 is 0 Å². The smallest absolute Gasteiger partial charge is 0.288 e. The topological polar surface area (TPSA) is 64.4 Å². The molecule has 0 radical (unpaired) electrons. The van der Waals surface area contributed by atoms with Gasteiger partial charge >= 0.3 is 5.69 Å². The number of hydrogen-bond donors (Lipinski definition) is 0. The first kappa shape index (κ1) is 15.4. The Morgan fingerprint density at radius 1 is 0.484 bits per heavy atom. The Bertz CT molecular complexity index is 2070. The maximum absolute atomic E-state index is 13.9. The molecule has 6 nitrogen and oxygen atoms in total. The molecule has 8 aromatic rings. The predicted molar refractivity (Wildman–Crippen MR) is 122 cm³/mol. The van der Waals surface area contributed by atoms with Gasteiger partial charge < -0.3 is 0 Å². The van der Waals surface area contributed by atoms with Crippen LogP contribution in [0.1, 0.15) is 0 Å². The number of hydrogen-bond acceptors (Lipinski definition) is 3. The van der Waals surface area contributed by atoms with Gasteiger partial charge in [-0.05, 0) is 24.3 Å². The van der Waals surface area contributed by atoms with Crippen molar-refractivity contribution < 1.29 is 0 Å². The van der Waals surface area contributed by atoms with E-state index in [-0.39, 0.29) is 16.5 Å². The second-order valence-electron chi connectivity index (χ2n) is 8.08. The summed E-state index contributed by atoms with van der Waals surface area (Å²) in [6.07, 6.45) is 0. The van der Waals surface area contributed by atoms with Crippen LogP contribution in [0.3, 0.4) is 0 Å². The van der Waals surface area contributed by atoms with Crippen molar-refractivity contribution in [2.75, 3.05) is 0 Å². The van der Waals surface area contributed by atoms with Crippen LogP contribution < -0.4 is 16.5 Å². The minimum atomic E-state index is -0.283. The molecule has 0 bridgehead atoms. The minimum Gasteiger partial charge on any atom is -0.288 e. The van der Waals surface area contributed by atoms with Crippen molar-refractivity contribution in [2.24, 2.45) is 0 Å². The van der Waals surface area contributed by atoms with Crippen molar-refractivity contribution >= 4 is 60.2 Å². The van der Waals surface area contributed by atoms with Gasteiger partial charge in [0, 0.05) is 21.5 Å². The highest BCUT2D eigenvalue weighted by molar-refractivity contribution is 6.18. The minimum absolute atomic E-state index is 0.160. The van der Waals surface area contributed by atoms with E-state index in [2.05, 4.69) is 0 Å². The predicted octanol–water partition coefficient (Wildman–Crippen LogP) is 3.45. The molecule has 3 aromatic carbocycles. The SMILES string of the molecule is O=c1c2cccc3c(=O)c4c5ccccc5n5c(=O)n6c7ccccc7c1c6n(c23)c45. The van der Waals surface area contributed by atoms with Crippen molar-refractivity contribution in [1.82, 2.24) is 13.2 Å². The van der Waals surface area contributed by atoms with E-state index in [1.54, 1.807) is 27.0 Å². The van der Waals surface area contributed by atoms with Crippen LogP contribution in [-0.4, -0.2) is 13.2 Å². The third-order valence-electron chi connectivity index (χ3n) is 6.71. The average Bonchev–Trinajstić information content (AvgIpc) is 3.33. The van der Waals surface area contributed by atoms with Gasteiger partial charge in [0.15, 0.2) is 10.9 Å². The van der Waals surface area contributed by atoms with Gasteiger partial charge in [-0.1, -0.05) is 42.5 Å². The number of benzene rings is 3. The standard InChI is InChI=1S/C25H11N3O3/c29-21-14-8-5-9-15-20(14)28-23-18(21)12-6-1-3-10-16(12)26(23)25(31)27-17-11-4-2-7-13(17)19(22(15)30)24(27)28/h1-11H. The maximum Gasteiger partial charge on any atom is 0.340 e. The molecular weight excluding hydrogens is 390 g/mol. The first-order chi connectivity index (χ1) is 15.2. The van der Waals surface area contributed by atoms with E-state index in [1.807, 2.05) is 52.9 Å². The average molecular weight is 401 g/mol. The lowest BCUT2D eigenvalue weighted by Crippen LogP contribution is -2.26. The van der Waals surface area contributed by atoms with E-state index >= 15 is 0 Å².